The molecule has 2 unspecified atom stereocenters. The Kier molecular flexibility index (Phi) is 6.19. The fourth-order valence-electron chi connectivity index (χ4n) is 3.03. The Labute approximate surface area is 169 Å². The van der Waals surface area contributed by atoms with E-state index in [2.05, 4.69) is 10.3 Å². The fraction of sp³-hybridized carbons (Fsp3) is 0.318. The molecule has 2 atom stereocenters. The predicted octanol–water partition coefficient (Wildman–Crippen LogP) is 4.34. The molecule has 3 rings (SSSR count). The van der Waals surface area contributed by atoms with Crippen LogP contribution in [0.5, 0.6) is 0 Å². The molecule has 3 aromatic rings. The quantitative estimate of drug-likeness (QED) is 0.498. The minimum Gasteiger partial charge on any atom is -0.349 e. The second-order valence-electron chi connectivity index (χ2n) is 7.08. The molecule has 0 spiro atoms. The maximum absolute atomic E-state index is 12.9. The molecule has 0 aliphatic rings. The number of hydrogen-bond acceptors (Lipinski definition) is 4. The van der Waals surface area contributed by atoms with Gasteiger partial charge in [-0.25, -0.2) is 4.98 Å². The summed E-state index contributed by atoms with van der Waals surface area (Å²) in [5.41, 5.74) is 1.63. The zero-order valence-corrected chi connectivity index (χ0v) is 17.4. The van der Waals surface area contributed by atoms with Crippen LogP contribution in [0.25, 0.3) is 10.9 Å². The van der Waals surface area contributed by atoms with Crippen LogP contribution in [-0.4, -0.2) is 20.7 Å². The maximum atomic E-state index is 12.9. The smallest absolute Gasteiger partial charge is 0.262 e. The van der Waals surface area contributed by atoms with Gasteiger partial charge in [0.15, 0.2) is 5.16 Å². The number of amides is 1. The van der Waals surface area contributed by atoms with Gasteiger partial charge in [-0.1, -0.05) is 54.2 Å². The average Bonchev–Trinajstić information content (AvgIpc) is 2.68. The number of carbonyl (C=O) groups excluding carboxylic acids is 1. The van der Waals surface area contributed by atoms with Crippen molar-refractivity contribution in [2.45, 2.75) is 50.2 Å². The van der Waals surface area contributed by atoms with E-state index >= 15 is 0 Å². The monoisotopic (exact) mass is 395 g/mol. The third-order valence-electron chi connectivity index (χ3n) is 4.60. The number of carbonyl (C=O) groups is 1. The van der Waals surface area contributed by atoms with E-state index in [-0.39, 0.29) is 28.8 Å². The molecule has 0 bridgehead atoms. The second-order valence-corrected chi connectivity index (χ2v) is 8.39. The summed E-state index contributed by atoms with van der Waals surface area (Å²) in [6, 6.07) is 17.0. The first-order valence-electron chi connectivity index (χ1n) is 9.41. The van der Waals surface area contributed by atoms with Crippen molar-refractivity contribution in [2.24, 2.45) is 0 Å². The van der Waals surface area contributed by atoms with Gasteiger partial charge in [0.05, 0.1) is 22.2 Å². The molecular formula is C22H25N3O2S. The van der Waals surface area contributed by atoms with Crippen molar-refractivity contribution in [1.82, 2.24) is 14.9 Å². The number of benzene rings is 2. The molecule has 1 aromatic heterocycles. The van der Waals surface area contributed by atoms with Gasteiger partial charge in [0.25, 0.3) is 5.56 Å². The summed E-state index contributed by atoms with van der Waals surface area (Å²) in [6.45, 7) is 7.70. The Bertz CT molecular complexity index is 1030. The van der Waals surface area contributed by atoms with Gasteiger partial charge < -0.3 is 5.32 Å². The number of nitrogens with zero attached hydrogens (tertiary/aromatic N) is 2. The van der Waals surface area contributed by atoms with Crippen molar-refractivity contribution in [3.63, 3.8) is 0 Å². The zero-order valence-electron chi connectivity index (χ0n) is 16.5. The standard InChI is InChI=1S/C22H25N3O2S/c1-14(2)25-21(27)18-12-8-9-13-19(18)24-22(25)28-16(4)20(26)23-15(3)17-10-6-5-7-11-17/h5-16H,1-4H3,(H,23,26). The van der Waals surface area contributed by atoms with Crippen LogP contribution in [0.2, 0.25) is 0 Å². The van der Waals surface area contributed by atoms with E-state index in [0.717, 1.165) is 5.56 Å². The maximum Gasteiger partial charge on any atom is 0.262 e. The van der Waals surface area contributed by atoms with Crippen molar-refractivity contribution in [3.05, 3.63) is 70.5 Å². The predicted molar refractivity (Wildman–Crippen MR) is 115 cm³/mol. The molecule has 6 heteroatoms. The van der Waals surface area contributed by atoms with E-state index in [1.807, 2.05) is 76.2 Å². The summed E-state index contributed by atoms with van der Waals surface area (Å²) >= 11 is 1.31. The lowest BCUT2D eigenvalue weighted by molar-refractivity contribution is -0.120. The van der Waals surface area contributed by atoms with Gasteiger partial charge in [0, 0.05) is 6.04 Å². The van der Waals surface area contributed by atoms with E-state index in [0.29, 0.717) is 16.1 Å². The molecule has 0 saturated carbocycles. The first-order chi connectivity index (χ1) is 13.4. The first kappa shape index (κ1) is 20.1. The van der Waals surface area contributed by atoms with E-state index < -0.39 is 0 Å². The van der Waals surface area contributed by atoms with Crippen LogP contribution in [0.4, 0.5) is 0 Å². The van der Waals surface area contributed by atoms with Crippen molar-refractivity contribution >= 4 is 28.6 Å². The van der Waals surface area contributed by atoms with Gasteiger partial charge in [0.2, 0.25) is 5.91 Å². The van der Waals surface area contributed by atoms with Gasteiger partial charge in [-0.15, -0.1) is 0 Å². The highest BCUT2D eigenvalue weighted by Gasteiger charge is 2.21. The number of nitrogens with one attached hydrogen (secondary N) is 1. The normalized spacial score (nSPS) is 13.5. The van der Waals surface area contributed by atoms with Gasteiger partial charge in [-0.2, -0.15) is 0 Å². The van der Waals surface area contributed by atoms with E-state index in [9.17, 15) is 9.59 Å². The molecular weight excluding hydrogens is 370 g/mol. The largest absolute Gasteiger partial charge is 0.349 e. The third kappa shape index (κ3) is 4.28. The number of aromatic nitrogens is 2. The highest BCUT2D eigenvalue weighted by molar-refractivity contribution is 8.00. The Morgan fingerprint density at radius 2 is 1.64 bits per heavy atom. The molecule has 2 aromatic carbocycles. The first-order valence-corrected chi connectivity index (χ1v) is 10.3. The Hall–Kier alpha value is -2.60. The molecule has 1 N–H and O–H groups in total. The average molecular weight is 396 g/mol. The van der Waals surface area contributed by atoms with Crippen molar-refractivity contribution in [3.8, 4) is 0 Å². The lowest BCUT2D eigenvalue weighted by Gasteiger charge is -2.20. The van der Waals surface area contributed by atoms with E-state index in [4.69, 9.17) is 0 Å². The van der Waals surface area contributed by atoms with E-state index in [1.54, 1.807) is 10.6 Å². The molecule has 28 heavy (non-hydrogen) atoms. The van der Waals surface area contributed by atoms with Crippen molar-refractivity contribution in [2.75, 3.05) is 0 Å². The summed E-state index contributed by atoms with van der Waals surface area (Å²) in [4.78, 5) is 30.3. The topological polar surface area (TPSA) is 64.0 Å². The number of thioether (sulfide) groups is 1. The molecule has 0 fully saturated rings. The van der Waals surface area contributed by atoms with Crippen LogP contribution < -0.4 is 10.9 Å². The van der Waals surface area contributed by atoms with Crippen LogP contribution in [-0.2, 0) is 4.79 Å². The Morgan fingerprint density at radius 3 is 2.32 bits per heavy atom. The van der Waals surface area contributed by atoms with Gasteiger partial charge in [-0.05, 0) is 45.4 Å². The second kappa shape index (κ2) is 8.61. The van der Waals surface area contributed by atoms with Crippen LogP contribution in [0.3, 0.4) is 0 Å². The SMILES string of the molecule is CC(Sc1nc2ccccc2c(=O)n1C(C)C)C(=O)NC(C)c1ccccc1. The summed E-state index contributed by atoms with van der Waals surface area (Å²) in [5, 5.41) is 3.81. The van der Waals surface area contributed by atoms with Crippen LogP contribution >= 0.6 is 11.8 Å². The Morgan fingerprint density at radius 1 is 1.00 bits per heavy atom. The molecule has 0 aliphatic carbocycles. The lowest BCUT2D eigenvalue weighted by Crippen LogP contribution is -2.34. The molecule has 0 aliphatic heterocycles. The third-order valence-corrected chi connectivity index (χ3v) is 5.67. The molecule has 1 amide bonds. The highest BCUT2D eigenvalue weighted by atomic mass is 32.2. The van der Waals surface area contributed by atoms with Crippen LogP contribution in [0.1, 0.15) is 45.3 Å². The molecule has 146 valence electrons. The van der Waals surface area contributed by atoms with Crippen LogP contribution in [0, 0.1) is 0 Å². The lowest BCUT2D eigenvalue weighted by atomic mass is 10.1. The van der Waals surface area contributed by atoms with Crippen molar-refractivity contribution < 1.29 is 4.79 Å². The van der Waals surface area contributed by atoms with Gasteiger partial charge >= 0.3 is 0 Å². The van der Waals surface area contributed by atoms with Gasteiger partial charge in [0.1, 0.15) is 0 Å². The number of para-hydroxylation sites is 1. The van der Waals surface area contributed by atoms with E-state index in [1.165, 1.54) is 11.8 Å². The number of rotatable bonds is 6. The van der Waals surface area contributed by atoms with Crippen molar-refractivity contribution in [1.29, 1.82) is 0 Å². The number of fused-ring (bicyclic) bond motifs is 1. The highest BCUT2D eigenvalue weighted by Crippen LogP contribution is 2.25. The molecule has 1 heterocycles. The number of hydrogen-bond donors (Lipinski definition) is 1. The summed E-state index contributed by atoms with van der Waals surface area (Å²) in [6.07, 6.45) is 0. The summed E-state index contributed by atoms with van der Waals surface area (Å²) < 4.78 is 1.66. The zero-order chi connectivity index (χ0) is 20.3. The minimum atomic E-state index is -0.385. The fourth-order valence-corrected chi connectivity index (χ4v) is 4.08. The summed E-state index contributed by atoms with van der Waals surface area (Å²) in [5.74, 6) is -0.0842. The van der Waals surface area contributed by atoms with Gasteiger partial charge in [-0.3, -0.25) is 14.2 Å². The molecule has 0 radical (unpaired) electrons. The molecule has 0 saturated heterocycles. The Balaban J connectivity index is 1.84. The van der Waals surface area contributed by atoms with Crippen LogP contribution in [0.15, 0.2) is 64.5 Å². The molecule has 5 nitrogen and oxygen atoms in total. The summed E-state index contributed by atoms with van der Waals surface area (Å²) in [7, 11) is 0. The minimum absolute atomic E-state index is 0.0504.